The molecule has 1 aromatic carbocycles. The minimum absolute atomic E-state index is 0.0514. The average molecular weight is 567 g/mol. The first kappa shape index (κ1) is 28.6. The SMILES string of the molecule is C[C@H]1CN(c2ccc(C(=O)NC3CCC(Oc4ccc(C#N)c(Cl)c4)CC3)nn2)CC[C@@H]1CN1CCC(O)CC1. The monoisotopic (exact) mass is 566 g/mol. The lowest BCUT2D eigenvalue weighted by Crippen LogP contribution is -2.46. The van der Waals surface area contributed by atoms with Crippen molar-refractivity contribution in [1.82, 2.24) is 20.4 Å². The number of carbonyl (C=O) groups is 1. The molecule has 2 saturated heterocycles. The molecule has 5 rings (SSSR count). The van der Waals surface area contributed by atoms with Crippen LogP contribution < -0.4 is 15.0 Å². The molecule has 2 aliphatic heterocycles. The van der Waals surface area contributed by atoms with Crippen molar-refractivity contribution < 1.29 is 14.6 Å². The van der Waals surface area contributed by atoms with E-state index in [1.807, 2.05) is 6.07 Å². The number of anilines is 1. The number of benzene rings is 1. The highest BCUT2D eigenvalue weighted by molar-refractivity contribution is 6.31. The number of amides is 1. The molecule has 10 heteroatoms. The lowest BCUT2D eigenvalue weighted by atomic mass is 9.86. The van der Waals surface area contributed by atoms with E-state index in [1.54, 1.807) is 24.3 Å². The molecule has 214 valence electrons. The quantitative estimate of drug-likeness (QED) is 0.516. The molecular weight excluding hydrogens is 528 g/mol. The van der Waals surface area contributed by atoms with Gasteiger partial charge in [-0.15, -0.1) is 10.2 Å². The first-order valence-corrected chi connectivity index (χ1v) is 14.9. The highest BCUT2D eigenvalue weighted by atomic mass is 35.5. The third kappa shape index (κ3) is 7.22. The van der Waals surface area contributed by atoms with Gasteiger partial charge in [-0.2, -0.15) is 5.26 Å². The smallest absolute Gasteiger partial charge is 0.272 e. The van der Waals surface area contributed by atoms with Crippen molar-refractivity contribution in [3.63, 3.8) is 0 Å². The molecule has 3 fully saturated rings. The van der Waals surface area contributed by atoms with E-state index in [-0.39, 0.29) is 24.2 Å². The van der Waals surface area contributed by atoms with Gasteiger partial charge in [-0.05, 0) is 81.0 Å². The summed E-state index contributed by atoms with van der Waals surface area (Å²) in [7, 11) is 0. The molecule has 1 amide bonds. The number of likely N-dealkylation sites (tertiary alicyclic amines) is 1. The predicted octanol–water partition coefficient (Wildman–Crippen LogP) is 4.04. The molecule has 0 unspecified atom stereocenters. The van der Waals surface area contributed by atoms with Crippen molar-refractivity contribution in [1.29, 1.82) is 5.26 Å². The Morgan fingerprint density at radius 1 is 1.10 bits per heavy atom. The van der Waals surface area contributed by atoms with Gasteiger partial charge in [-0.1, -0.05) is 18.5 Å². The fourth-order valence-electron chi connectivity index (χ4n) is 6.16. The van der Waals surface area contributed by atoms with E-state index < -0.39 is 0 Å². The number of hydrogen-bond acceptors (Lipinski definition) is 8. The van der Waals surface area contributed by atoms with Crippen LogP contribution in [-0.4, -0.2) is 77.1 Å². The van der Waals surface area contributed by atoms with Gasteiger partial charge in [0, 0.05) is 44.8 Å². The minimum Gasteiger partial charge on any atom is -0.490 e. The van der Waals surface area contributed by atoms with Crippen molar-refractivity contribution in [2.45, 2.75) is 70.1 Å². The maximum atomic E-state index is 12.9. The molecule has 9 nitrogen and oxygen atoms in total. The van der Waals surface area contributed by atoms with E-state index in [4.69, 9.17) is 21.6 Å². The average Bonchev–Trinajstić information content (AvgIpc) is 2.96. The summed E-state index contributed by atoms with van der Waals surface area (Å²) in [5, 5.41) is 31.0. The molecule has 1 aromatic heterocycles. The Hall–Kier alpha value is -2.93. The number of aromatic nitrogens is 2. The fourth-order valence-corrected chi connectivity index (χ4v) is 6.37. The van der Waals surface area contributed by atoms with Gasteiger partial charge in [0.1, 0.15) is 11.8 Å². The summed E-state index contributed by atoms with van der Waals surface area (Å²) < 4.78 is 6.06. The number of rotatable bonds is 7. The van der Waals surface area contributed by atoms with Crippen LogP contribution in [0.2, 0.25) is 5.02 Å². The zero-order chi connectivity index (χ0) is 28.1. The molecule has 40 heavy (non-hydrogen) atoms. The van der Waals surface area contributed by atoms with Gasteiger partial charge >= 0.3 is 0 Å². The molecule has 2 N–H and O–H groups in total. The summed E-state index contributed by atoms with van der Waals surface area (Å²) in [6.45, 7) is 7.26. The summed E-state index contributed by atoms with van der Waals surface area (Å²) in [4.78, 5) is 17.6. The van der Waals surface area contributed by atoms with Crippen LogP contribution >= 0.6 is 11.6 Å². The van der Waals surface area contributed by atoms with Crippen molar-refractivity contribution in [3.05, 3.63) is 46.6 Å². The number of nitriles is 1. The molecular formula is C30H39ClN6O3. The van der Waals surface area contributed by atoms with Gasteiger partial charge in [0.25, 0.3) is 5.91 Å². The van der Waals surface area contributed by atoms with Crippen LogP contribution in [0, 0.1) is 23.2 Å². The highest BCUT2D eigenvalue weighted by Crippen LogP contribution is 2.29. The molecule has 2 aromatic rings. The fraction of sp³-hybridized carbons (Fsp3) is 0.600. The number of piperidine rings is 2. The summed E-state index contributed by atoms with van der Waals surface area (Å²) in [5.41, 5.74) is 0.770. The molecule has 0 spiro atoms. The maximum absolute atomic E-state index is 12.9. The number of nitrogens with zero attached hydrogens (tertiary/aromatic N) is 5. The second kappa shape index (κ2) is 13.2. The number of nitrogens with one attached hydrogen (secondary N) is 1. The van der Waals surface area contributed by atoms with Crippen LogP contribution in [0.25, 0.3) is 0 Å². The van der Waals surface area contributed by atoms with Crippen molar-refractivity contribution >= 4 is 23.3 Å². The highest BCUT2D eigenvalue weighted by Gasteiger charge is 2.30. The molecule has 3 heterocycles. The largest absolute Gasteiger partial charge is 0.490 e. The standard InChI is InChI=1S/C30H39ClN6O3/c1-20-18-37(15-10-22(20)19-36-13-11-24(38)12-14-36)29-9-8-28(34-35-29)30(39)33-23-3-6-25(7-4-23)40-26-5-2-21(17-32)27(31)16-26/h2,5,8-9,16,20,22-25,38H,3-4,6-7,10-15,18-19H2,1H3,(H,33,39)/t20-,22+,23?,25?/m0/s1. The third-order valence-electron chi connectivity index (χ3n) is 8.71. The van der Waals surface area contributed by atoms with Gasteiger partial charge in [0.15, 0.2) is 11.5 Å². The van der Waals surface area contributed by atoms with Crippen LogP contribution in [0.1, 0.15) is 67.9 Å². The van der Waals surface area contributed by atoms with E-state index >= 15 is 0 Å². The van der Waals surface area contributed by atoms with Crippen molar-refractivity contribution in [3.8, 4) is 11.8 Å². The zero-order valence-corrected chi connectivity index (χ0v) is 23.9. The molecule has 2 atom stereocenters. The summed E-state index contributed by atoms with van der Waals surface area (Å²) >= 11 is 6.12. The number of aliphatic hydroxyl groups is 1. The van der Waals surface area contributed by atoms with E-state index in [9.17, 15) is 9.90 Å². The van der Waals surface area contributed by atoms with E-state index in [1.165, 1.54) is 0 Å². The second-order valence-electron chi connectivity index (χ2n) is 11.6. The van der Waals surface area contributed by atoms with Gasteiger partial charge in [0.2, 0.25) is 0 Å². The van der Waals surface area contributed by atoms with E-state index in [2.05, 4.69) is 38.3 Å². The predicted molar refractivity (Wildman–Crippen MR) is 154 cm³/mol. The first-order valence-electron chi connectivity index (χ1n) is 14.5. The molecule has 1 saturated carbocycles. The molecule has 0 bridgehead atoms. The van der Waals surface area contributed by atoms with Gasteiger partial charge in [0.05, 0.1) is 22.8 Å². The number of carbonyl (C=O) groups excluding carboxylic acids is 1. The van der Waals surface area contributed by atoms with E-state index in [0.29, 0.717) is 33.9 Å². The Labute approximate surface area is 241 Å². The Balaban J connectivity index is 1.05. The first-order chi connectivity index (χ1) is 19.4. The lowest BCUT2D eigenvalue weighted by Gasteiger charge is -2.40. The minimum atomic E-state index is -0.194. The van der Waals surface area contributed by atoms with Crippen molar-refractivity contribution in [2.24, 2.45) is 11.8 Å². The Bertz CT molecular complexity index is 1190. The van der Waals surface area contributed by atoms with Gasteiger partial charge < -0.3 is 25.0 Å². The van der Waals surface area contributed by atoms with Gasteiger partial charge in [-0.3, -0.25) is 4.79 Å². The Kier molecular flexibility index (Phi) is 9.40. The number of aliphatic hydroxyl groups excluding tert-OH is 1. The second-order valence-corrected chi connectivity index (χ2v) is 12.0. The van der Waals surface area contributed by atoms with Crippen LogP contribution in [0.15, 0.2) is 30.3 Å². The van der Waals surface area contributed by atoms with Crippen LogP contribution in [-0.2, 0) is 0 Å². The Morgan fingerprint density at radius 2 is 1.88 bits per heavy atom. The van der Waals surface area contributed by atoms with Crippen LogP contribution in [0.5, 0.6) is 5.75 Å². The lowest BCUT2D eigenvalue weighted by molar-refractivity contribution is 0.0667. The summed E-state index contributed by atoms with van der Waals surface area (Å²) in [6.07, 6.45) is 6.07. The number of halogens is 1. The molecule has 1 aliphatic carbocycles. The molecule has 3 aliphatic rings. The summed E-state index contributed by atoms with van der Waals surface area (Å²) in [5.74, 6) is 2.48. The van der Waals surface area contributed by atoms with Gasteiger partial charge in [-0.25, -0.2) is 0 Å². The number of hydrogen-bond donors (Lipinski definition) is 2. The molecule has 0 radical (unpaired) electrons. The summed E-state index contributed by atoms with van der Waals surface area (Å²) in [6, 6.07) is 10.9. The van der Waals surface area contributed by atoms with E-state index in [0.717, 1.165) is 83.5 Å². The topological polar surface area (TPSA) is 115 Å². The zero-order valence-electron chi connectivity index (χ0n) is 23.1. The normalized spacial score (nSPS) is 26.2. The number of ether oxygens (including phenoxy) is 1. The van der Waals surface area contributed by atoms with Crippen LogP contribution in [0.4, 0.5) is 5.82 Å². The Morgan fingerprint density at radius 3 is 2.52 bits per heavy atom. The third-order valence-corrected chi connectivity index (χ3v) is 9.03. The van der Waals surface area contributed by atoms with Crippen LogP contribution in [0.3, 0.4) is 0 Å². The van der Waals surface area contributed by atoms with Crippen molar-refractivity contribution in [2.75, 3.05) is 37.6 Å². The maximum Gasteiger partial charge on any atom is 0.272 e.